The van der Waals surface area contributed by atoms with Gasteiger partial charge in [0.2, 0.25) is 0 Å². The van der Waals surface area contributed by atoms with Crippen LogP contribution in [-0.4, -0.2) is 95.1 Å². The summed E-state index contributed by atoms with van der Waals surface area (Å²) in [6, 6.07) is 0. The molecule has 0 amide bonds. The highest BCUT2D eigenvalue weighted by atomic mass is 16.7. The molecule has 9 nitrogen and oxygen atoms in total. The van der Waals surface area contributed by atoms with Gasteiger partial charge in [0.25, 0.3) is 0 Å². The Balaban J connectivity index is 1.99. The Morgan fingerprint density at radius 3 is 2.09 bits per heavy atom. The summed E-state index contributed by atoms with van der Waals surface area (Å²) in [5.74, 6) is 0. The van der Waals surface area contributed by atoms with Crippen molar-refractivity contribution in [3.8, 4) is 0 Å². The Bertz CT molecular complexity index is 341. The first-order valence-corrected chi connectivity index (χ1v) is 7.25. The van der Waals surface area contributed by atoms with Crippen LogP contribution in [0.5, 0.6) is 0 Å². The molecule has 0 radical (unpaired) electrons. The van der Waals surface area contributed by atoms with Gasteiger partial charge in [-0.1, -0.05) is 0 Å². The molecule has 0 bridgehead atoms. The second-order valence-corrected chi connectivity index (χ2v) is 5.51. The molecule has 0 spiro atoms. The number of hydrogen-bond donors (Lipinski definition) is 5. The first kappa shape index (κ1) is 18.0. The molecule has 2 aliphatic heterocycles. The van der Waals surface area contributed by atoms with Crippen LogP contribution in [0.1, 0.15) is 12.8 Å². The topological polar surface area (TPSA) is 138 Å². The Labute approximate surface area is 128 Å². The van der Waals surface area contributed by atoms with Crippen LogP contribution in [0.2, 0.25) is 0 Å². The van der Waals surface area contributed by atoms with E-state index < -0.39 is 55.8 Å². The molecule has 0 saturated carbocycles. The number of hydrogen-bond acceptors (Lipinski definition) is 9. The van der Waals surface area contributed by atoms with E-state index in [-0.39, 0.29) is 19.4 Å². The zero-order valence-corrected chi connectivity index (χ0v) is 12.3. The average molecular weight is 324 g/mol. The molecule has 0 aromatic heterocycles. The molecule has 2 fully saturated rings. The largest absolute Gasteiger partial charge is 0.394 e. The Morgan fingerprint density at radius 2 is 1.50 bits per heavy atom. The van der Waals surface area contributed by atoms with Crippen molar-refractivity contribution in [2.75, 3.05) is 20.3 Å². The van der Waals surface area contributed by atoms with E-state index in [4.69, 9.17) is 24.1 Å². The molecule has 0 aliphatic carbocycles. The van der Waals surface area contributed by atoms with Gasteiger partial charge in [-0.25, -0.2) is 0 Å². The molecule has 0 aromatic rings. The molecule has 130 valence electrons. The highest BCUT2D eigenvalue weighted by Gasteiger charge is 2.43. The fourth-order valence-corrected chi connectivity index (χ4v) is 2.71. The third-order valence-electron chi connectivity index (χ3n) is 3.97. The number of methoxy groups -OCH3 is 1. The monoisotopic (exact) mass is 324 g/mol. The molecular formula is C13H24O9. The zero-order valence-electron chi connectivity index (χ0n) is 12.3. The molecule has 0 aromatic carbocycles. The highest BCUT2D eigenvalue weighted by molar-refractivity contribution is 4.87. The molecule has 9 heteroatoms. The number of ether oxygens (including phenoxy) is 4. The van der Waals surface area contributed by atoms with Gasteiger partial charge in [-0.05, 0) is 0 Å². The van der Waals surface area contributed by atoms with Crippen molar-refractivity contribution < 1.29 is 44.5 Å². The minimum atomic E-state index is -1.20. The Morgan fingerprint density at radius 1 is 0.909 bits per heavy atom. The van der Waals surface area contributed by atoms with E-state index in [9.17, 15) is 20.4 Å². The lowest BCUT2D eigenvalue weighted by Crippen LogP contribution is -2.56. The van der Waals surface area contributed by atoms with E-state index in [2.05, 4.69) is 0 Å². The maximum Gasteiger partial charge on any atom is 0.161 e. The predicted molar refractivity (Wildman–Crippen MR) is 70.6 cm³/mol. The molecule has 22 heavy (non-hydrogen) atoms. The van der Waals surface area contributed by atoms with Gasteiger partial charge >= 0.3 is 0 Å². The first-order valence-electron chi connectivity index (χ1n) is 7.25. The Kier molecular flexibility index (Phi) is 6.50. The van der Waals surface area contributed by atoms with Crippen molar-refractivity contribution in [3.63, 3.8) is 0 Å². The van der Waals surface area contributed by atoms with Crippen LogP contribution in [0.3, 0.4) is 0 Å². The standard InChI is InChI=1S/C13H24O9/c1-19-10-3-7(17)13(9(5-15)21-10)22-11-2-6(16)12(18)8(4-14)20-11/h6-18H,2-5H2,1H3/t6?,7?,8?,9-,10+,11-,12+,13+/m1/s1. The number of aliphatic hydroxyl groups excluding tert-OH is 5. The van der Waals surface area contributed by atoms with E-state index in [1.165, 1.54) is 7.11 Å². The molecule has 2 aliphatic rings. The second kappa shape index (κ2) is 7.95. The van der Waals surface area contributed by atoms with Crippen molar-refractivity contribution in [2.24, 2.45) is 0 Å². The van der Waals surface area contributed by atoms with Gasteiger partial charge < -0.3 is 44.5 Å². The van der Waals surface area contributed by atoms with Crippen LogP contribution in [0, 0.1) is 0 Å². The fourth-order valence-electron chi connectivity index (χ4n) is 2.71. The van der Waals surface area contributed by atoms with Gasteiger partial charge in [-0.15, -0.1) is 0 Å². The summed E-state index contributed by atoms with van der Waals surface area (Å²) >= 11 is 0. The normalized spacial score (nSPS) is 46.6. The molecule has 3 unspecified atom stereocenters. The van der Waals surface area contributed by atoms with Gasteiger partial charge in [0.15, 0.2) is 12.6 Å². The summed E-state index contributed by atoms with van der Waals surface area (Å²) in [6.07, 6.45) is -7.36. The Hall–Kier alpha value is -0.360. The van der Waals surface area contributed by atoms with Crippen molar-refractivity contribution in [1.82, 2.24) is 0 Å². The molecule has 2 rings (SSSR count). The van der Waals surface area contributed by atoms with E-state index in [0.29, 0.717) is 0 Å². The van der Waals surface area contributed by atoms with E-state index in [1.54, 1.807) is 0 Å². The summed E-state index contributed by atoms with van der Waals surface area (Å²) in [5, 5.41) is 48.1. The molecule has 2 saturated heterocycles. The van der Waals surface area contributed by atoms with Gasteiger partial charge in [-0.3, -0.25) is 0 Å². The fraction of sp³-hybridized carbons (Fsp3) is 1.00. The van der Waals surface area contributed by atoms with Crippen LogP contribution in [0.25, 0.3) is 0 Å². The van der Waals surface area contributed by atoms with Gasteiger partial charge in [0.1, 0.15) is 24.4 Å². The van der Waals surface area contributed by atoms with Crippen LogP contribution in [-0.2, 0) is 18.9 Å². The van der Waals surface area contributed by atoms with Crippen LogP contribution in [0.15, 0.2) is 0 Å². The summed E-state index contributed by atoms with van der Waals surface area (Å²) in [7, 11) is 1.43. The SMILES string of the molecule is CO[C@@H]1CC(O)[C@H](O[C@@H]2CC(O)[C@H](O)C(CO)O2)[C@@H](CO)O1. The second-order valence-electron chi connectivity index (χ2n) is 5.51. The lowest BCUT2D eigenvalue weighted by molar-refractivity contribution is -0.318. The maximum atomic E-state index is 10.1. The quantitative estimate of drug-likeness (QED) is 0.366. The van der Waals surface area contributed by atoms with Crippen LogP contribution < -0.4 is 0 Å². The average Bonchev–Trinajstić information content (AvgIpc) is 2.52. The summed E-state index contributed by atoms with van der Waals surface area (Å²) in [4.78, 5) is 0. The molecule has 8 atom stereocenters. The van der Waals surface area contributed by atoms with E-state index in [0.717, 1.165) is 0 Å². The molecular weight excluding hydrogens is 300 g/mol. The van der Waals surface area contributed by atoms with Gasteiger partial charge in [0.05, 0.1) is 25.4 Å². The highest BCUT2D eigenvalue weighted by Crippen LogP contribution is 2.28. The molecule has 5 N–H and O–H groups in total. The third kappa shape index (κ3) is 3.94. The van der Waals surface area contributed by atoms with Crippen molar-refractivity contribution in [1.29, 1.82) is 0 Å². The van der Waals surface area contributed by atoms with E-state index in [1.807, 2.05) is 0 Å². The van der Waals surface area contributed by atoms with Crippen molar-refractivity contribution >= 4 is 0 Å². The molecule has 2 heterocycles. The van der Waals surface area contributed by atoms with Gasteiger partial charge in [0, 0.05) is 20.0 Å². The first-order chi connectivity index (χ1) is 10.5. The predicted octanol–water partition coefficient (Wildman–Crippen LogP) is -2.68. The lowest BCUT2D eigenvalue weighted by Gasteiger charge is -2.42. The zero-order chi connectivity index (χ0) is 16.3. The summed E-state index contributed by atoms with van der Waals surface area (Å²) < 4.78 is 21.4. The van der Waals surface area contributed by atoms with Crippen LogP contribution >= 0.6 is 0 Å². The minimum Gasteiger partial charge on any atom is -0.394 e. The number of rotatable bonds is 5. The van der Waals surface area contributed by atoms with Gasteiger partial charge in [-0.2, -0.15) is 0 Å². The maximum absolute atomic E-state index is 10.1. The lowest BCUT2D eigenvalue weighted by atomic mass is 10.00. The number of aliphatic hydroxyl groups is 5. The third-order valence-corrected chi connectivity index (χ3v) is 3.97. The minimum absolute atomic E-state index is 0.0211. The summed E-state index contributed by atoms with van der Waals surface area (Å²) in [5.41, 5.74) is 0. The van der Waals surface area contributed by atoms with Crippen LogP contribution in [0.4, 0.5) is 0 Å². The van der Waals surface area contributed by atoms with E-state index >= 15 is 0 Å². The smallest absolute Gasteiger partial charge is 0.161 e. The summed E-state index contributed by atoms with van der Waals surface area (Å²) in [6.45, 7) is -0.861. The van der Waals surface area contributed by atoms with Crippen molar-refractivity contribution in [3.05, 3.63) is 0 Å². The van der Waals surface area contributed by atoms with Crippen molar-refractivity contribution in [2.45, 2.75) is 62.0 Å².